The second kappa shape index (κ2) is 10.4. The van der Waals surface area contributed by atoms with Crippen LogP contribution in [0, 0.1) is 13.8 Å². The average Bonchev–Trinajstić information content (AvgIpc) is 2.93. The van der Waals surface area contributed by atoms with E-state index in [1.54, 1.807) is 0 Å². The minimum atomic E-state index is -0.671. The van der Waals surface area contributed by atoms with Crippen LogP contribution >= 0.6 is 0 Å². The van der Waals surface area contributed by atoms with Gasteiger partial charge < -0.3 is 5.73 Å². The van der Waals surface area contributed by atoms with Crippen molar-refractivity contribution in [1.82, 2.24) is 0 Å². The Morgan fingerprint density at radius 3 is 1.92 bits per heavy atom. The van der Waals surface area contributed by atoms with Gasteiger partial charge >= 0.3 is 0 Å². The first kappa shape index (κ1) is 25.7. The van der Waals surface area contributed by atoms with Crippen molar-refractivity contribution in [2.24, 2.45) is 5.73 Å². The van der Waals surface area contributed by atoms with Crippen LogP contribution in [0.5, 0.6) is 0 Å². The van der Waals surface area contributed by atoms with Crippen molar-refractivity contribution in [2.75, 3.05) is 0 Å². The molecule has 0 saturated carbocycles. The van der Waals surface area contributed by atoms with Crippen LogP contribution in [0.2, 0.25) is 0 Å². The van der Waals surface area contributed by atoms with Gasteiger partial charge in [-0.2, -0.15) is 0 Å². The zero-order valence-electron chi connectivity index (χ0n) is 22.9. The maximum atomic E-state index is 7.22. The number of benzene rings is 4. The van der Waals surface area contributed by atoms with E-state index in [9.17, 15) is 0 Å². The molecular formula is C37H37N. The lowest BCUT2D eigenvalue weighted by atomic mass is 9.70. The van der Waals surface area contributed by atoms with Crippen LogP contribution in [0.1, 0.15) is 53.6 Å². The molecule has 190 valence electrons. The van der Waals surface area contributed by atoms with Crippen molar-refractivity contribution >= 4 is 11.1 Å². The van der Waals surface area contributed by atoms with Crippen molar-refractivity contribution in [3.63, 3.8) is 0 Å². The summed E-state index contributed by atoms with van der Waals surface area (Å²) in [6.07, 6.45) is 7.95. The number of rotatable bonds is 6. The van der Waals surface area contributed by atoms with E-state index in [0.717, 1.165) is 23.1 Å². The van der Waals surface area contributed by atoms with Crippen molar-refractivity contribution in [2.45, 2.75) is 45.1 Å². The molecule has 0 aliphatic heterocycles. The highest BCUT2D eigenvalue weighted by molar-refractivity contribution is 5.85. The van der Waals surface area contributed by atoms with Crippen molar-refractivity contribution in [3.8, 4) is 0 Å². The van der Waals surface area contributed by atoms with Gasteiger partial charge in [-0.15, -0.1) is 0 Å². The van der Waals surface area contributed by atoms with E-state index in [1.807, 2.05) is 6.07 Å². The van der Waals surface area contributed by atoms with E-state index in [0.29, 0.717) is 0 Å². The fourth-order valence-electron chi connectivity index (χ4n) is 5.47. The summed E-state index contributed by atoms with van der Waals surface area (Å²) >= 11 is 0. The van der Waals surface area contributed by atoms with Gasteiger partial charge in [0.05, 0.1) is 5.54 Å². The third kappa shape index (κ3) is 5.21. The molecule has 1 aliphatic carbocycles. The molecule has 0 radical (unpaired) electrons. The standard InChI is InChI=1S/C37H37N/c1-27-15-19-29(20-16-27)34-23-24-36(3,32-21-17-28(2)18-22-32)26-31(34)25-35(30-11-7-5-8-12-30)37(4,38)33-13-9-6-10-14-33/h5-25H,26,38H2,1-4H3/b35-25-/t36-,37?/m1/s1. The van der Waals surface area contributed by atoms with Gasteiger partial charge in [-0.3, -0.25) is 0 Å². The third-order valence-electron chi connectivity index (χ3n) is 7.93. The molecule has 0 saturated heterocycles. The fraction of sp³-hybridized carbons (Fsp3) is 0.189. The molecule has 38 heavy (non-hydrogen) atoms. The second-order valence-electron chi connectivity index (χ2n) is 11.1. The van der Waals surface area contributed by atoms with Gasteiger partial charge in [0.25, 0.3) is 0 Å². The summed E-state index contributed by atoms with van der Waals surface area (Å²) in [5, 5.41) is 0. The predicted octanol–water partition coefficient (Wildman–Crippen LogP) is 8.93. The molecule has 5 rings (SSSR count). The summed E-state index contributed by atoms with van der Waals surface area (Å²) in [6.45, 7) is 8.75. The summed E-state index contributed by atoms with van der Waals surface area (Å²) in [4.78, 5) is 0. The normalized spacial score (nSPS) is 19.3. The molecule has 0 amide bonds. The molecule has 1 unspecified atom stereocenters. The molecule has 4 aromatic rings. The molecule has 0 fully saturated rings. The minimum absolute atomic E-state index is 0.118. The highest BCUT2D eigenvalue weighted by Crippen LogP contribution is 2.43. The van der Waals surface area contributed by atoms with E-state index < -0.39 is 5.54 Å². The van der Waals surface area contributed by atoms with E-state index >= 15 is 0 Å². The monoisotopic (exact) mass is 495 g/mol. The molecule has 1 heteroatoms. The molecule has 2 N–H and O–H groups in total. The van der Waals surface area contributed by atoms with Crippen LogP contribution in [-0.4, -0.2) is 0 Å². The lowest BCUT2D eigenvalue weighted by molar-refractivity contribution is 0.587. The van der Waals surface area contributed by atoms with Gasteiger partial charge in [0.1, 0.15) is 0 Å². The molecule has 1 aliphatic rings. The molecule has 0 spiro atoms. The van der Waals surface area contributed by atoms with E-state index in [2.05, 4.69) is 149 Å². The van der Waals surface area contributed by atoms with E-state index in [4.69, 9.17) is 5.73 Å². The summed E-state index contributed by atoms with van der Waals surface area (Å²) in [5.74, 6) is 0. The van der Waals surface area contributed by atoms with E-state index in [-0.39, 0.29) is 5.41 Å². The summed E-state index contributed by atoms with van der Waals surface area (Å²) in [7, 11) is 0. The first-order chi connectivity index (χ1) is 18.3. The maximum Gasteiger partial charge on any atom is 0.0642 e. The van der Waals surface area contributed by atoms with Crippen LogP contribution in [0.15, 0.2) is 133 Å². The first-order valence-electron chi connectivity index (χ1n) is 13.4. The lowest BCUT2D eigenvalue weighted by Crippen LogP contribution is -2.34. The molecular weight excluding hydrogens is 458 g/mol. The Hall–Kier alpha value is -3.94. The van der Waals surface area contributed by atoms with Crippen LogP contribution in [-0.2, 0) is 11.0 Å². The van der Waals surface area contributed by atoms with Crippen LogP contribution in [0.3, 0.4) is 0 Å². The van der Waals surface area contributed by atoms with Crippen LogP contribution in [0.25, 0.3) is 11.1 Å². The summed E-state index contributed by atoms with van der Waals surface area (Å²) in [5.41, 5.74) is 17.4. The van der Waals surface area contributed by atoms with E-state index in [1.165, 1.54) is 33.4 Å². The molecule has 4 aromatic carbocycles. The van der Waals surface area contributed by atoms with Gasteiger partial charge in [-0.25, -0.2) is 0 Å². The SMILES string of the molecule is Cc1ccc(C2=C(/C=C(/c3ccccc3)C(C)(N)c3ccccc3)C[C@](C)(c3ccc(C)cc3)C=C2)cc1. The number of aryl methyl sites for hydroxylation is 2. The molecule has 2 atom stereocenters. The zero-order valence-corrected chi connectivity index (χ0v) is 22.9. The van der Waals surface area contributed by atoms with Crippen molar-refractivity contribution in [3.05, 3.63) is 166 Å². The highest BCUT2D eigenvalue weighted by Gasteiger charge is 2.32. The Balaban J connectivity index is 1.72. The molecule has 0 aromatic heterocycles. The second-order valence-corrected chi connectivity index (χ2v) is 11.1. The maximum absolute atomic E-state index is 7.22. The Bertz CT molecular complexity index is 1490. The quantitative estimate of drug-likeness (QED) is 0.284. The van der Waals surface area contributed by atoms with Gasteiger partial charge in [0.15, 0.2) is 0 Å². The van der Waals surface area contributed by atoms with Crippen LogP contribution in [0.4, 0.5) is 0 Å². The van der Waals surface area contributed by atoms with Crippen molar-refractivity contribution < 1.29 is 0 Å². The molecule has 0 heterocycles. The van der Waals surface area contributed by atoms with Gasteiger partial charge in [0.2, 0.25) is 0 Å². The van der Waals surface area contributed by atoms with Gasteiger partial charge in [0, 0.05) is 5.41 Å². The number of nitrogens with two attached hydrogens (primary N) is 1. The number of hydrogen-bond donors (Lipinski definition) is 1. The van der Waals surface area contributed by atoms with Crippen LogP contribution < -0.4 is 5.73 Å². The average molecular weight is 496 g/mol. The first-order valence-corrected chi connectivity index (χ1v) is 13.4. The minimum Gasteiger partial charge on any atom is -0.318 e. The van der Waals surface area contributed by atoms with Crippen molar-refractivity contribution in [1.29, 1.82) is 0 Å². The van der Waals surface area contributed by atoms with Gasteiger partial charge in [-0.05, 0) is 66.2 Å². The number of hydrogen-bond acceptors (Lipinski definition) is 1. The summed E-state index contributed by atoms with van der Waals surface area (Å²) in [6, 6.07) is 38.9. The Labute approximate surface area is 228 Å². The Morgan fingerprint density at radius 1 is 0.763 bits per heavy atom. The lowest BCUT2D eigenvalue weighted by Gasteiger charge is -2.34. The zero-order chi connectivity index (χ0) is 26.8. The molecule has 1 nitrogen and oxygen atoms in total. The Morgan fingerprint density at radius 2 is 1.32 bits per heavy atom. The fourth-order valence-corrected chi connectivity index (χ4v) is 5.47. The topological polar surface area (TPSA) is 26.0 Å². The Kier molecular flexibility index (Phi) is 7.06. The summed E-state index contributed by atoms with van der Waals surface area (Å²) < 4.78 is 0. The third-order valence-corrected chi connectivity index (χ3v) is 7.93. The van der Waals surface area contributed by atoms with Gasteiger partial charge in [-0.1, -0.05) is 145 Å². The number of allylic oxidation sites excluding steroid dienone is 5. The smallest absolute Gasteiger partial charge is 0.0642 e. The molecule has 0 bridgehead atoms. The predicted molar refractivity (Wildman–Crippen MR) is 163 cm³/mol. The highest BCUT2D eigenvalue weighted by atomic mass is 14.7. The largest absolute Gasteiger partial charge is 0.318 e.